The van der Waals surface area contributed by atoms with Crippen LogP contribution in [0.2, 0.25) is 0 Å². The lowest BCUT2D eigenvalue weighted by Gasteiger charge is -2.31. The molecule has 0 saturated carbocycles. The van der Waals surface area contributed by atoms with Crippen LogP contribution in [0.3, 0.4) is 0 Å². The number of anilines is 1. The molecule has 0 atom stereocenters. The number of ether oxygens (including phenoxy) is 1. The number of likely N-dealkylation sites (N-methyl/N-ethyl adjacent to an activating group) is 1. The van der Waals surface area contributed by atoms with Gasteiger partial charge >= 0.3 is 0 Å². The predicted octanol–water partition coefficient (Wildman–Crippen LogP) is 0.482. The van der Waals surface area contributed by atoms with Crippen LogP contribution in [0.4, 0.5) is 5.69 Å². The maximum atomic E-state index is 11.1. The number of nitrogens with two attached hydrogens (primary N) is 2. The van der Waals surface area contributed by atoms with Gasteiger partial charge < -0.3 is 21.1 Å². The van der Waals surface area contributed by atoms with Crippen LogP contribution >= 0.6 is 0 Å². The summed E-state index contributed by atoms with van der Waals surface area (Å²) in [5.74, 6) is -0.250. The maximum absolute atomic E-state index is 11.1. The number of hydrogen-bond donors (Lipinski definition) is 2. The molecule has 0 unspecified atom stereocenters. The van der Waals surface area contributed by atoms with Crippen LogP contribution in [0.15, 0.2) is 12.3 Å². The number of aromatic nitrogens is 1. The second-order valence-corrected chi connectivity index (χ2v) is 4.97. The Morgan fingerprint density at radius 1 is 1.50 bits per heavy atom. The number of amides is 1. The smallest absolute Gasteiger partial charge is 0.251 e. The Hall–Kier alpha value is -1.82. The zero-order chi connectivity index (χ0) is 13.9. The van der Waals surface area contributed by atoms with E-state index in [2.05, 4.69) is 4.98 Å². The summed E-state index contributed by atoms with van der Waals surface area (Å²) in [5, 5.41) is 0. The van der Waals surface area contributed by atoms with Gasteiger partial charge in [-0.2, -0.15) is 0 Å². The Bertz CT molecular complexity index is 444. The summed E-state index contributed by atoms with van der Waals surface area (Å²) in [4.78, 5) is 17.2. The van der Waals surface area contributed by atoms with Gasteiger partial charge in [-0.05, 0) is 27.9 Å². The highest BCUT2D eigenvalue weighted by Crippen LogP contribution is 2.18. The Balaban J connectivity index is 2.81. The molecule has 18 heavy (non-hydrogen) atoms. The van der Waals surface area contributed by atoms with Crippen molar-refractivity contribution in [1.29, 1.82) is 0 Å². The highest BCUT2D eigenvalue weighted by atomic mass is 16.5. The summed E-state index contributed by atoms with van der Waals surface area (Å²) >= 11 is 0. The summed E-state index contributed by atoms with van der Waals surface area (Å²) in [6, 6.07) is 1.46. The molecule has 0 fully saturated rings. The van der Waals surface area contributed by atoms with E-state index in [1.54, 1.807) is 0 Å². The average molecular weight is 252 g/mol. The van der Waals surface area contributed by atoms with E-state index >= 15 is 0 Å². The van der Waals surface area contributed by atoms with E-state index in [-0.39, 0.29) is 16.8 Å². The van der Waals surface area contributed by atoms with Gasteiger partial charge in [-0.3, -0.25) is 4.79 Å². The second kappa shape index (κ2) is 5.22. The molecule has 6 heteroatoms. The lowest BCUT2D eigenvalue weighted by molar-refractivity contribution is 0.0997. The van der Waals surface area contributed by atoms with E-state index < -0.39 is 5.91 Å². The molecule has 4 N–H and O–H groups in total. The van der Waals surface area contributed by atoms with Crippen LogP contribution in [0.1, 0.15) is 24.2 Å². The summed E-state index contributed by atoms with van der Waals surface area (Å²) in [7, 11) is 3.93. The van der Waals surface area contributed by atoms with Crippen molar-refractivity contribution in [3.8, 4) is 5.88 Å². The van der Waals surface area contributed by atoms with Crippen molar-refractivity contribution < 1.29 is 9.53 Å². The molecule has 1 aromatic heterocycles. The summed E-state index contributed by atoms with van der Waals surface area (Å²) < 4.78 is 5.56. The lowest BCUT2D eigenvalue weighted by atomic mass is 10.1. The largest absolute Gasteiger partial charge is 0.476 e. The topological polar surface area (TPSA) is 94.5 Å². The minimum absolute atomic E-state index is 0.143. The molecule has 0 radical (unpaired) electrons. The fourth-order valence-corrected chi connectivity index (χ4v) is 1.12. The van der Waals surface area contributed by atoms with E-state index in [1.807, 2.05) is 32.8 Å². The first-order valence-electron chi connectivity index (χ1n) is 5.59. The molecule has 1 rings (SSSR count). The van der Waals surface area contributed by atoms with E-state index in [0.717, 1.165) is 0 Å². The molecular formula is C12H20N4O2. The van der Waals surface area contributed by atoms with Gasteiger partial charge in [0.2, 0.25) is 5.88 Å². The predicted molar refractivity (Wildman–Crippen MR) is 70.4 cm³/mol. The molecule has 6 nitrogen and oxygen atoms in total. The van der Waals surface area contributed by atoms with Gasteiger partial charge in [0.1, 0.15) is 6.61 Å². The zero-order valence-electron chi connectivity index (χ0n) is 11.2. The molecular weight excluding hydrogens is 232 g/mol. The number of nitrogens with zero attached hydrogens (tertiary/aromatic N) is 2. The molecule has 0 saturated heterocycles. The minimum atomic E-state index is -0.591. The molecule has 0 bridgehead atoms. The van der Waals surface area contributed by atoms with Crippen molar-refractivity contribution in [2.24, 2.45) is 5.73 Å². The van der Waals surface area contributed by atoms with Gasteiger partial charge in [0.25, 0.3) is 5.91 Å². The number of primary amides is 1. The zero-order valence-corrected chi connectivity index (χ0v) is 11.2. The van der Waals surface area contributed by atoms with Crippen LogP contribution in [0.5, 0.6) is 5.88 Å². The lowest BCUT2D eigenvalue weighted by Crippen LogP contribution is -2.43. The first-order chi connectivity index (χ1) is 8.24. The Morgan fingerprint density at radius 2 is 2.11 bits per heavy atom. The average Bonchev–Trinajstić information content (AvgIpc) is 2.27. The third kappa shape index (κ3) is 3.33. The van der Waals surface area contributed by atoms with Crippen molar-refractivity contribution >= 4 is 11.6 Å². The van der Waals surface area contributed by atoms with Gasteiger partial charge in [-0.25, -0.2) is 4.98 Å². The van der Waals surface area contributed by atoms with Crippen LogP contribution in [0, 0.1) is 0 Å². The fraction of sp³-hybridized carbons (Fsp3) is 0.500. The first kappa shape index (κ1) is 14.2. The van der Waals surface area contributed by atoms with Gasteiger partial charge in [0, 0.05) is 11.6 Å². The van der Waals surface area contributed by atoms with E-state index in [1.165, 1.54) is 12.3 Å². The third-order valence-corrected chi connectivity index (χ3v) is 2.96. The number of carbonyl (C=O) groups is 1. The molecule has 0 aromatic carbocycles. The van der Waals surface area contributed by atoms with Gasteiger partial charge in [0.05, 0.1) is 17.4 Å². The Morgan fingerprint density at radius 3 is 2.61 bits per heavy atom. The van der Waals surface area contributed by atoms with Gasteiger partial charge in [-0.15, -0.1) is 0 Å². The molecule has 0 aliphatic heterocycles. The maximum Gasteiger partial charge on any atom is 0.251 e. The summed E-state index contributed by atoms with van der Waals surface area (Å²) in [5.41, 5.74) is 11.1. The summed E-state index contributed by atoms with van der Waals surface area (Å²) in [6.07, 6.45) is 1.37. The van der Waals surface area contributed by atoms with Crippen LogP contribution < -0.4 is 16.2 Å². The standard InChI is InChI=1S/C12H20N4O2/c1-12(2,16(3)4)7-18-10-5-8(11(14)17)9(13)6-15-10/h5-6H,7,13H2,1-4H3,(H2,14,17). The minimum Gasteiger partial charge on any atom is -0.476 e. The quantitative estimate of drug-likeness (QED) is 0.795. The van der Waals surface area contributed by atoms with Crippen molar-refractivity contribution in [2.75, 3.05) is 26.4 Å². The third-order valence-electron chi connectivity index (χ3n) is 2.96. The molecule has 1 heterocycles. The van der Waals surface area contributed by atoms with Crippen molar-refractivity contribution in [2.45, 2.75) is 19.4 Å². The Labute approximate surface area is 107 Å². The van der Waals surface area contributed by atoms with Crippen molar-refractivity contribution in [3.63, 3.8) is 0 Å². The van der Waals surface area contributed by atoms with Gasteiger partial charge in [0.15, 0.2) is 0 Å². The SMILES string of the molecule is CN(C)C(C)(C)COc1cc(C(N)=O)c(N)cn1. The molecule has 0 aliphatic rings. The van der Waals surface area contributed by atoms with E-state index in [4.69, 9.17) is 16.2 Å². The van der Waals surface area contributed by atoms with E-state index in [0.29, 0.717) is 12.5 Å². The number of pyridine rings is 1. The summed E-state index contributed by atoms with van der Waals surface area (Å²) in [6.45, 7) is 4.52. The molecule has 0 spiro atoms. The number of carbonyl (C=O) groups excluding carboxylic acids is 1. The normalized spacial score (nSPS) is 11.6. The fourth-order valence-electron chi connectivity index (χ4n) is 1.12. The molecule has 1 aromatic rings. The van der Waals surface area contributed by atoms with Crippen LogP contribution in [-0.4, -0.2) is 42.0 Å². The van der Waals surface area contributed by atoms with Crippen LogP contribution in [-0.2, 0) is 0 Å². The van der Waals surface area contributed by atoms with Crippen molar-refractivity contribution in [3.05, 3.63) is 17.8 Å². The van der Waals surface area contributed by atoms with Crippen LogP contribution in [0.25, 0.3) is 0 Å². The molecule has 100 valence electrons. The first-order valence-corrected chi connectivity index (χ1v) is 5.59. The highest BCUT2D eigenvalue weighted by molar-refractivity contribution is 5.97. The second-order valence-electron chi connectivity index (χ2n) is 4.97. The molecule has 1 amide bonds. The molecule has 0 aliphatic carbocycles. The number of hydrogen-bond acceptors (Lipinski definition) is 5. The Kier molecular flexibility index (Phi) is 4.13. The van der Waals surface area contributed by atoms with E-state index in [9.17, 15) is 4.79 Å². The van der Waals surface area contributed by atoms with Gasteiger partial charge in [-0.1, -0.05) is 0 Å². The number of nitrogen functional groups attached to an aromatic ring is 1. The highest BCUT2D eigenvalue weighted by Gasteiger charge is 2.21. The monoisotopic (exact) mass is 252 g/mol. The van der Waals surface area contributed by atoms with Crippen molar-refractivity contribution in [1.82, 2.24) is 9.88 Å². The number of rotatable bonds is 5.